The van der Waals surface area contributed by atoms with Gasteiger partial charge in [-0.1, -0.05) is 12.1 Å². The second-order valence-corrected chi connectivity index (χ2v) is 4.02. The molecule has 8 heteroatoms. The minimum absolute atomic E-state index is 0.0556. The van der Waals surface area contributed by atoms with Crippen molar-refractivity contribution in [2.75, 3.05) is 10.6 Å². The molecule has 0 aliphatic carbocycles. The third-order valence-corrected chi connectivity index (χ3v) is 2.56. The fourth-order valence-corrected chi connectivity index (χ4v) is 1.58. The molecule has 0 unspecified atom stereocenters. The quantitative estimate of drug-likeness (QED) is 0.459. The SMILES string of the molecule is O=C(Nc1cc([N+](=O)[O-])ccc1O)Nc1ccccc1F. The summed E-state index contributed by atoms with van der Waals surface area (Å²) in [5, 5.41) is 24.6. The highest BCUT2D eigenvalue weighted by molar-refractivity contribution is 6.00. The number of benzene rings is 2. The van der Waals surface area contributed by atoms with E-state index in [1.807, 2.05) is 0 Å². The number of hydrogen-bond donors (Lipinski definition) is 3. The first-order valence-corrected chi connectivity index (χ1v) is 5.77. The molecule has 0 radical (unpaired) electrons. The molecule has 2 aromatic carbocycles. The Kier molecular flexibility index (Phi) is 3.98. The lowest BCUT2D eigenvalue weighted by Gasteiger charge is -2.09. The number of rotatable bonds is 3. The molecule has 7 nitrogen and oxygen atoms in total. The summed E-state index contributed by atoms with van der Waals surface area (Å²) < 4.78 is 13.4. The van der Waals surface area contributed by atoms with Crippen LogP contribution in [0.5, 0.6) is 5.75 Å². The van der Waals surface area contributed by atoms with Crippen molar-refractivity contribution >= 4 is 23.1 Å². The van der Waals surface area contributed by atoms with E-state index in [4.69, 9.17) is 0 Å². The smallest absolute Gasteiger partial charge is 0.323 e. The molecule has 21 heavy (non-hydrogen) atoms. The van der Waals surface area contributed by atoms with Gasteiger partial charge in [0.05, 0.1) is 16.3 Å². The number of phenols is 1. The summed E-state index contributed by atoms with van der Waals surface area (Å²) in [5.74, 6) is -0.972. The van der Waals surface area contributed by atoms with Crippen LogP contribution in [0.3, 0.4) is 0 Å². The summed E-state index contributed by atoms with van der Waals surface area (Å²) in [6.07, 6.45) is 0. The first-order chi connectivity index (χ1) is 9.97. The highest BCUT2D eigenvalue weighted by Crippen LogP contribution is 2.28. The summed E-state index contributed by atoms with van der Waals surface area (Å²) in [6, 6.07) is 7.84. The fourth-order valence-electron chi connectivity index (χ4n) is 1.58. The molecule has 2 rings (SSSR count). The van der Waals surface area contributed by atoms with E-state index in [1.54, 1.807) is 0 Å². The third-order valence-electron chi connectivity index (χ3n) is 2.56. The maximum atomic E-state index is 13.4. The number of para-hydroxylation sites is 1. The predicted molar refractivity (Wildman–Crippen MR) is 73.8 cm³/mol. The second kappa shape index (κ2) is 5.87. The zero-order valence-corrected chi connectivity index (χ0v) is 10.5. The Labute approximate surface area is 118 Å². The van der Waals surface area contributed by atoms with Crippen molar-refractivity contribution in [3.8, 4) is 5.75 Å². The molecule has 2 amide bonds. The Morgan fingerprint density at radius 1 is 1.14 bits per heavy atom. The number of carbonyl (C=O) groups excluding carboxylic acids is 1. The minimum atomic E-state index is -0.837. The van der Waals surface area contributed by atoms with Gasteiger partial charge in [-0.25, -0.2) is 9.18 Å². The standard InChI is InChI=1S/C13H10FN3O4/c14-9-3-1-2-4-10(9)15-13(19)16-11-7-8(17(20)21)5-6-12(11)18/h1-7,18H,(H2,15,16,19). The van der Waals surface area contributed by atoms with Gasteiger partial charge in [-0.05, 0) is 18.2 Å². The van der Waals surface area contributed by atoms with Gasteiger partial charge in [-0.15, -0.1) is 0 Å². The maximum absolute atomic E-state index is 13.4. The molecular weight excluding hydrogens is 281 g/mol. The summed E-state index contributed by atoms with van der Waals surface area (Å²) in [4.78, 5) is 21.7. The van der Waals surface area contributed by atoms with Crippen LogP contribution in [-0.4, -0.2) is 16.1 Å². The van der Waals surface area contributed by atoms with Gasteiger partial charge in [-0.2, -0.15) is 0 Å². The van der Waals surface area contributed by atoms with Gasteiger partial charge >= 0.3 is 6.03 Å². The van der Waals surface area contributed by atoms with Crippen molar-refractivity contribution in [1.29, 1.82) is 0 Å². The molecule has 0 saturated carbocycles. The number of amides is 2. The van der Waals surface area contributed by atoms with Gasteiger partial charge in [0.2, 0.25) is 0 Å². The monoisotopic (exact) mass is 291 g/mol. The second-order valence-electron chi connectivity index (χ2n) is 4.02. The minimum Gasteiger partial charge on any atom is -0.506 e. The number of non-ortho nitro benzene ring substituents is 1. The van der Waals surface area contributed by atoms with Crippen LogP contribution >= 0.6 is 0 Å². The maximum Gasteiger partial charge on any atom is 0.323 e. The van der Waals surface area contributed by atoms with E-state index in [-0.39, 0.29) is 22.8 Å². The van der Waals surface area contributed by atoms with Crippen LogP contribution in [0, 0.1) is 15.9 Å². The van der Waals surface area contributed by atoms with Crippen molar-refractivity contribution < 1.29 is 19.2 Å². The van der Waals surface area contributed by atoms with E-state index >= 15 is 0 Å². The van der Waals surface area contributed by atoms with E-state index in [0.717, 1.165) is 18.2 Å². The van der Waals surface area contributed by atoms with Crippen molar-refractivity contribution in [2.24, 2.45) is 0 Å². The van der Waals surface area contributed by atoms with Gasteiger partial charge in [0.1, 0.15) is 11.6 Å². The number of nitro groups is 1. The van der Waals surface area contributed by atoms with Crippen LogP contribution in [-0.2, 0) is 0 Å². The molecule has 0 fully saturated rings. The molecule has 0 bridgehead atoms. The number of hydrogen-bond acceptors (Lipinski definition) is 4. The van der Waals surface area contributed by atoms with Crippen LogP contribution < -0.4 is 10.6 Å². The van der Waals surface area contributed by atoms with E-state index in [9.17, 15) is 24.4 Å². The first kappa shape index (κ1) is 14.3. The summed E-state index contributed by atoms with van der Waals surface area (Å²) in [7, 11) is 0. The van der Waals surface area contributed by atoms with Crippen molar-refractivity contribution in [3.05, 3.63) is 58.4 Å². The van der Waals surface area contributed by atoms with E-state index in [1.165, 1.54) is 24.3 Å². The normalized spacial score (nSPS) is 9.95. The third kappa shape index (κ3) is 3.44. The van der Waals surface area contributed by atoms with Gasteiger partial charge in [0, 0.05) is 12.1 Å². The average molecular weight is 291 g/mol. The lowest BCUT2D eigenvalue weighted by molar-refractivity contribution is -0.384. The highest BCUT2D eigenvalue weighted by atomic mass is 19.1. The van der Waals surface area contributed by atoms with Crippen LogP contribution in [0.25, 0.3) is 0 Å². The average Bonchev–Trinajstić information content (AvgIpc) is 2.43. The van der Waals surface area contributed by atoms with E-state index in [2.05, 4.69) is 10.6 Å². The number of nitro benzene ring substituents is 1. The number of urea groups is 1. The molecule has 2 aromatic rings. The molecule has 0 aliphatic heterocycles. The Morgan fingerprint density at radius 2 is 1.81 bits per heavy atom. The molecular formula is C13H10FN3O4. The Hall–Kier alpha value is -3.16. The molecule has 0 atom stereocenters. The zero-order chi connectivity index (χ0) is 15.4. The highest BCUT2D eigenvalue weighted by Gasteiger charge is 2.13. The summed E-state index contributed by atoms with van der Waals surface area (Å²) in [6.45, 7) is 0. The van der Waals surface area contributed by atoms with Crippen molar-refractivity contribution in [3.63, 3.8) is 0 Å². The fraction of sp³-hybridized carbons (Fsp3) is 0. The number of nitrogens with one attached hydrogen (secondary N) is 2. The largest absolute Gasteiger partial charge is 0.506 e. The van der Waals surface area contributed by atoms with Crippen LogP contribution in [0.4, 0.5) is 26.2 Å². The molecule has 0 aliphatic rings. The molecule has 3 N–H and O–H groups in total. The van der Waals surface area contributed by atoms with Crippen LogP contribution in [0.15, 0.2) is 42.5 Å². The molecule has 108 valence electrons. The van der Waals surface area contributed by atoms with Crippen LogP contribution in [0.2, 0.25) is 0 Å². The number of carbonyl (C=O) groups is 1. The van der Waals surface area contributed by atoms with Crippen molar-refractivity contribution in [2.45, 2.75) is 0 Å². The summed E-state index contributed by atoms with van der Waals surface area (Å²) >= 11 is 0. The molecule has 0 aromatic heterocycles. The van der Waals surface area contributed by atoms with Gasteiger partial charge in [-0.3, -0.25) is 10.1 Å². The topological polar surface area (TPSA) is 104 Å². The van der Waals surface area contributed by atoms with E-state index < -0.39 is 16.8 Å². The number of anilines is 2. The first-order valence-electron chi connectivity index (χ1n) is 5.77. The van der Waals surface area contributed by atoms with Gasteiger partial charge < -0.3 is 15.7 Å². The zero-order valence-electron chi connectivity index (χ0n) is 10.5. The number of phenolic OH excluding ortho intramolecular Hbond substituents is 1. The number of halogens is 1. The Morgan fingerprint density at radius 3 is 2.48 bits per heavy atom. The van der Waals surface area contributed by atoms with Crippen LogP contribution in [0.1, 0.15) is 0 Å². The van der Waals surface area contributed by atoms with Gasteiger partial charge in [0.25, 0.3) is 5.69 Å². The molecule has 0 spiro atoms. The number of aromatic hydroxyl groups is 1. The lowest BCUT2D eigenvalue weighted by atomic mass is 10.2. The lowest BCUT2D eigenvalue weighted by Crippen LogP contribution is -2.20. The summed E-state index contributed by atoms with van der Waals surface area (Å²) in [5.41, 5.74) is -0.507. The van der Waals surface area contributed by atoms with E-state index in [0.29, 0.717) is 0 Å². The molecule has 0 heterocycles. The van der Waals surface area contributed by atoms with Gasteiger partial charge in [0.15, 0.2) is 0 Å². The predicted octanol–water partition coefficient (Wildman–Crippen LogP) is 3.08. The Balaban J connectivity index is 2.15. The number of nitrogens with zero attached hydrogens (tertiary/aromatic N) is 1. The molecule has 0 saturated heterocycles. The Bertz CT molecular complexity index is 706. The van der Waals surface area contributed by atoms with Crippen molar-refractivity contribution in [1.82, 2.24) is 0 Å².